The molecule has 1 aliphatic heterocycles. The van der Waals surface area contributed by atoms with Crippen molar-refractivity contribution in [3.8, 4) is 0 Å². The summed E-state index contributed by atoms with van der Waals surface area (Å²) >= 11 is 0. The summed E-state index contributed by atoms with van der Waals surface area (Å²) in [5.74, 6) is 1.73. The summed E-state index contributed by atoms with van der Waals surface area (Å²) in [5, 5.41) is 0. The predicted molar refractivity (Wildman–Crippen MR) is 125 cm³/mol. The Morgan fingerprint density at radius 2 is 1.42 bits per heavy atom. The van der Waals surface area contributed by atoms with Crippen LogP contribution in [-0.2, 0) is 27.2 Å². The normalized spacial score (nSPS) is 26.8. The average Bonchev–Trinajstić information content (AvgIpc) is 3.44. The van der Waals surface area contributed by atoms with Gasteiger partial charge in [0.15, 0.2) is 0 Å². The molecule has 2 amide bonds. The lowest BCUT2D eigenvalue weighted by molar-refractivity contribution is -0.128. The van der Waals surface area contributed by atoms with Gasteiger partial charge >= 0.3 is 6.09 Å². The Morgan fingerprint density at radius 3 is 2.12 bits per heavy atom. The molecule has 5 nitrogen and oxygen atoms in total. The highest BCUT2D eigenvalue weighted by Gasteiger charge is 2.49. The molecule has 2 aromatic rings. The average molecular weight is 446 g/mol. The number of Topliss-reactive ketones (excluding diaryl/α,β-unsaturated/α-hetero) is 1. The minimum Gasteiger partial charge on any atom is -0.443 e. The third-order valence-corrected chi connectivity index (χ3v) is 7.32. The summed E-state index contributed by atoms with van der Waals surface area (Å²) in [6.45, 7) is 5.43. The second-order valence-electron chi connectivity index (χ2n) is 10.8. The van der Waals surface area contributed by atoms with Crippen LogP contribution in [0.15, 0.2) is 48.5 Å². The molecule has 3 aliphatic carbocycles. The number of nitrogens with zero attached hydrogens (tertiary/aromatic N) is 1. The summed E-state index contributed by atoms with van der Waals surface area (Å²) in [4.78, 5) is 37.0. The summed E-state index contributed by atoms with van der Waals surface area (Å²) in [5.41, 5.74) is 4.66. The zero-order valence-corrected chi connectivity index (χ0v) is 19.5. The molecule has 0 bridgehead atoms. The maximum absolute atomic E-state index is 12.3. The number of benzene rings is 2. The second kappa shape index (κ2) is 8.12. The molecule has 172 valence electrons. The maximum atomic E-state index is 12.3. The molecule has 1 heterocycles. The van der Waals surface area contributed by atoms with E-state index in [9.17, 15) is 14.4 Å². The lowest BCUT2D eigenvalue weighted by Crippen LogP contribution is -2.39. The van der Waals surface area contributed by atoms with Crippen LogP contribution in [0.25, 0.3) is 0 Å². The first-order valence-corrected chi connectivity index (χ1v) is 11.9. The fourth-order valence-electron chi connectivity index (χ4n) is 6.07. The topological polar surface area (TPSA) is 63.7 Å². The fourth-order valence-corrected chi connectivity index (χ4v) is 6.07. The van der Waals surface area contributed by atoms with Crippen LogP contribution in [0.3, 0.4) is 0 Å². The van der Waals surface area contributed by atoms with E-state index in [-0.39, 0.29) is 17.9 Å². The minimum absolute atomic E-state index is 0.122. The van der Waals surface area contributed by atoms with Gasteiger partial charge in [0.1, 0.15) is 11.4 Å². The molecule has 1 saturated heterocycles. The van der Waals surface area contributed by atoms with E-state index in [0.29, 0.717) is 24.0 Å². The summed E-state index contributed by atoms with van der Waals surface area (Å²) in [6.07, 6.45) is 3.52. The number of imide groups is 1. The van der Waals surface area contributed by atoms with E-state index >= 15 is 0 Å². The summed E-state index contributed by atoms with van der Waals surface area (Å²) < 4.78 is 5.38. The number of rotatable bonds is 0. The third-order valence-electron chi connectivity index (χ3n) is 7.32. The van der Waals surface area contributed by atoms with Crippen LogP contribution in [-0.4, -0.2) is 28.3 Å². The maximum Gasteiger partial charge on any atom is 0.417 e. The van der Waals surface area contributed by atoms with E-state index < -0.39 is 11.7 Å². The number of fused-ring (bicyclic) bond motifs is 6. The van der Waals surface area contributed by atoms with Crippen molar-refractivity contribution in [2.45, 2.75) is 70.4 Å². The lowest BCUT2D eigenvalue weighted by atomic mass is 9.97. The van der Waals surface area contributed by atoms with Gasteiger partial charge in [-0.25, -0.2) is 9.69 Å². The lowest BCUT2D eigenvalue weighted by Gasteiger charge is -2.27. The van der Waals surface area contributed by atoms with Crippen LogP contribution in [0.5, 0.6) is 0 Å². The van der Waals surface area contributed by atoms with E-state index in [2.05, 4.69) is 30.3 Å². The highest BCUT2D eigenvalue weighted by Crippen LogP contribution is 2.48. The number of hydrogen-bond acceptors (Lipinski definition) is 4. The second-order valence-corrected chi connectivity index (χ2v) is 10.8. The Labute approximate surface area is 195 Å². The van der Waals surface area contributed by atoms with Crippen molar-refractivity contribution in [2.75, 3.05) is 0 Å². The van der Waals surface area contributed by atoms with Gasteiger partial charge in [0, 0.05) is 19.3 Å². The number of hydrogen-bond donors (Lipinski definition) is 0. The van der Waals surface area contributed by atoms with Crippen molar-refractivity contribution < 1.29 is 19.1 Å². The zero-order chi connectivity index (χ0) is 23.3. The van der Waals surface area contributed by atoms with Crippen LogP contribution in [0, 0.1) is 11.8 Å². The molecular weight excluding hydrogens is 414 g/mol. The highest BCUT2D eigenvalue weighted by atomic mass is 16.6. The van der Waals surface area contributed by atoms with Crippen LogP contribution in [0.1, 0.15) is 74.2 Å². The Kier molecular flexibility index (Phi) is 5.38. The van der Waals surface area contributed by atoms with Crippen molar-refractivity contribution in [3.05, 3.63) is 70.8 Å². The third kappa shape index (κ3) is 4.09. The number of carbonyl (C=O) groups is 3. The molecule has 1 saturated carbocycles. The largest absolute Gasteiger partial charge is 0.443 e. The van der Waals surface area contributed by atoms with Crippen molar-refractivity contribution in [1.29, 1.82) is 0 Å². The Hall–Kier alpha value is -2.95. The molecule has 0 N–H and O–H groups in total. The molecule has 6 rings (SSSR count). The standard InChI is InChI=1S/C16H19NO3.C12H12O/c1-16(2,3)20-15(19)17-13(18)9-11-8-10-6-4-5-7-12(10)14(11)17;13-10-6-9-5-8-3-1-2-4-11(8)12(9)7-10/h4-7,11,14H,8-9H2,1-3H3;1-4,9,12H,5-7H2. The van der Waals surface area contributed by atoms with Gasteiger partial charge < -0.3 is 4.74 Å². The zero-order valence-electron chi connectivity index (χ0n) is 19.5. The van der Waals surface area contributed by atoms with Crippen molar-refractivity contribution in [1.82, 2.24) is 4.90 Å². The van der Waals surface area contributed by atoms with E-state index in [0.717, 1.165) is 31.2 Å². The van der Waals surface area contributed by atoms with Crippen LogP contribution < -0.4 is 0 Å². The SMILES string of the molecule is CC(C)(C)OC(=O)N1C(=O)CC2Cc3ccccc3C21.O=C1CC2Cc3ccccc3C2C1. The van der Waals surface area contributed by atoms with Gasteiger partial charge in [-0.05, 0) is 73.6 Å². The first-order valence-electron chi connectivity index (χ1n) is 11.9. The monoisotopic (exact) mass is 445 g/mol. The highest BCUT2D eigenvalue weighted by molar-refractivity contribution is 5.95. The number of ketones is 1. The Bertz CT molecular complexity index is 1110. The Morgan fingerprint density at radius 1 is 0.818 bits per heavy atom. The van der Waals surface area contributed by atoms with Gasteiger partial charge in [-0.3, -0.25) is 9.59 Å². The molecule has 0 radical (unpaired) electrons. The molecule has 33 heavy (non-hydrogen) atoms. The fraction of sp³-hybridized carbons (Fsp3) is 0.464. The molecule has 0 aromatic heterocycles. The number of ether oxygens (including phenoxy) is 1. The van der Waals surface area contributed by atoms with E-state index in [4.69, 9.17) is 4.74 Å². The number of carbonyl (C=O) groups excluding carboxylic acids is 3. The minimum atomic E-state index is -0.590. The molecule has 0 spiro atoms. The van der Waals surface area contributed by atoms with Gasteiger partial charge in [-0.2, -0.15) is 0 Å². The van der Waals surface area contributed by atoms with Crippen molar-refractivity contribution in [2.24, 2.45) is 11.8 Å². The van der Waals surface area contributed by atoms with E-state index in [1.807, 2.05) is 39.0 Å². The van der Waals surface area contributed by atoms with Gasteiger partial charge in [-0.1, -0.05) is 48.5 Å². The molecular formula is C28H31NO4. The summed E-state index contributed by atoms with van der Waals surface area (Å²) in [7, 11) is 0. The van der Waals surface area contributed by atoms with Gasteiger partial charge in [0.05, 0.1) is 6.04 Å². The smallest absolute Gasteiger partial charge is 0.417 e. The first-order chi connectivity index (χ1) is 15.7. The quantitative estimate of drug-likeness (QED) is 0.547. The number of amides is 2. The molecule has 2 fully saturated rings. The molecule has 4 unspecified atom stereocenters. The first kappa shape index (κ1) is 21.9. The van der Waals surface area contributed by atoms with Crippen molar-refractivity contribution in [3.63, 3.8) is 0 Å². The Balaban J connectivity index is 0.000000151. The molecule has 2 aromatic carbocycles. The van der Waals surface area contributed by atoms with Crippen LogP contribution >= 0.6 is 0 Å². The molecule has 4 atom stereocenters. The van der Waals surface area contributed by atoms with E-state index in [1.165, 1.54) is 21.6 Å². The van der Waals surface area contributed by atoms with Crippen molar-refractivity contribution >= 4 is 17.8 Å². The van der Waals surface area contributed by atoms with Gasteiger partial charge in [0.2, 0.25) is 5.91 Å². The summed E-state index contributed by atoms with van der Waals surface area (Å²) in [6, 6.07) is 16.5. The van der Waals surface area contributed by atoms with Gasteiger partial charge in [0.25, 0.3) is 0 Å². The number of likely N-dealkylation sites (tertiary alicyclic amines) is 1. The van der Waals surface area contributed by atoms with E-state index in [1.54, 1.807) is 0 Å². The van der Waals surface area contributed by atoms with Gasteiger partial charge in [-0.15, -0.1) is 0 Å². The molecule has 5 heteroatoms. The molecule has 4 aliphatic rings. The van der Waals surface area contributed by atoms with Crippen LogP contribution in [0.4, 0.5) is 4.79 Å². The van der Waals surface area contributed by atoms with Crippen LogP contribution in [0.2, 0.25) is 0 Å². The predicted octanol–water partition coefficient (Wildman–Crippen LogP) is 5.37.